The molecule has 4 nitrogen and oxygen atoms in total. The van der Waals surface area contributed by atoms with E-state index >= 15 is 0 Å². The summed E-state index contributed by atoms with van der Waals surface area (Å²) in [6.45, 7) is 6.56. The molecule has 0 unspecified atom stereocenters. The molecular formula is C13H21N3O. The van der Waals surface area contributed by atoms with E-state index in [0.717, 1.165) is 37.5 Å². The molecule has 1 aromatic rings. The van der Waals surface area contributed by atoms with Crippen LogP contribution in [0.2, 0.25) is 0 Å². The number of aromatic nitrogens is 1. The van der Waals surface area contributed by atoms with Gasteiger partial charge in [0, 0.05) is 19.3 Å². The fourth-order valence-corrected chi connectivity index (χ4v) is 2.41. The molecule has 1 fully saturated rings. The van der Waals surface area contributed by atoms with E-state index in [-0.39, 0.29) is 5.54 Å². The highest BCUT2D eigenvalue weighted by atomic mass is 16.5. The van der Waals surface area contributed by atoms with Gasteiger partial charge in [0.25, 0.3) is 0 Å². The van der Waals surface area contributed by atoms with E-state index in [1.54, 1.807) is 6.20 Å². The van der Waals surface area contributed by atoms with Crippen molar-refractivity contribution in [3.05, 3.63) is 18.3 Å². The Morgan fingerprint density at radius 1 is 1.47 bits per heavy atom. The van der Waals surface area contributed by atoms with Gasteiger partial charge in [0.1, 0.15) is 0 Å². The first kappa shape index (κ1) is 12.2. The molecule has 94 valence electrons. The molecule has 0 amide bonds. The summed E-state index contributed by atoms with van der Waals surface area (Å²) in [5.74, 6) is 1.78. The van der Waals surface area contributed by atoms with Crippen molar-refractivity contribution < 1.29 is 4.74 Å². The summed E-state index contributed by atoms with van der Waals surface area (Å²) in [6.07, 6.45) is 4.00. The second kappa shape index (κ2) is 4.92. The van der Waals surface area contributed by atoms with Gasteiger partial charge in [0.15, 0.2) is 11.6 Å². The molecule has 0 radical (unpaired) electrons. The normalized spacial score (nSPS) is 17.7. The third kappa shape index (κ3) is 2.52. The van der Waals surface area contributed by atoms with E-state index in [1.807, 2.05) is 19.1 Å². The summed E-state index contributed by atoms with van der Waals surface area (Å²) >= 11 is 0. The van der Waals surface area contributed by atoms with Crippen molar-refractivity contribution in [3.63, 3.8) is 0 Å². The van der Waals surface area contributed by atoms with Crippen LogP contribution in [-0.4, -0.2) is 30.2 Å². The Labute approximate surface area is 103 Å². The standard InChI is InChI=1S/C13H21N3O/c1-3-7-13(14)9-16(10-13)12-11(17-4-2)6-5-8-15-12/h5-6,8H,3-4,7,9-10,14H2,1-2H3. The first-order chi connectivity index (χ1) is 8.18. The van der Waals surface area contributed by atoms with E-state index in [1.165, 1.54) is 0 Å². The summed E-state index contributed by atoms with van der Waals surface area (Å²) in [4.78, 5) is 6.59. The number of hydrogen-bond acceptors (Lipinski definition) is 4. The van der Waals surface area contributed by atoms with Crippen LogP contribution in [0.15, 0.2) is 18.3 Å². The van der Waals surface area contributed by atoms with Crippen LogP contribution in [0.4, 0.5) is 5.82 Å². The van der Waals surface area contributed by atoms with Gasteiger partial charge < -0.3 is 15.4 Å². The number of rotatable bonds is 5. The molecule has 4 heteroatoms. The van der Waals surface area contributed by atoms with Crippen LogP contribution in [0.25, 0.3) is 0 Å². The minimum Gasteiger partial charge on any atom is -0.490 e. The summed E-state index contributed by atoms with van der Waals surface area (Å²) < 4.78 is 5.58. The van der Waals surface area contributed by atoms with Gasteiger partial charge in [-0.05, 0) is 25.5 Å². The molecule has 0 saturated carbocycles. The van der Waals surface area contributed by atoms with Gasteiger partial charge in [0.2, 0.25) is 0 Å². The number of pyridine rings is 1. The summed E-state index contributed by atoms with van der Waals surface area (Å²) in [5, 5.41) is 0. The first-order valence-corrected chi connectivity index (χ1v) is 6.30. The van der Waals surface area contributed by atoms with Crippen LogP contribution >= 0.6 is 0 Å². The van der Waals surface area contributed by atoms with E-state index < -0.39 is 0 Å². The summed E-state index contributed by atoms with van der Waals surface area (Å²) in [6, 6.07) is 3.86. The molecule has 0 spiro atoms. The van der Waals surface area contributed by atoms with Crippen LogP contribution in [0.3, 0.4) is 0 Å². The molecule has 0 aromatic carbocycles. The quantitative estimate of drug-likeness (QED) is 0.845. The topological polar surface area (TPSA) is 51.4 Å². The molecule has 1 aliphatic rings. The lowest BCUT2D eigenvalue weighted by Crippen LogP contribution is -2.67. The second-order valence-electron chi connectivity index (χ2n) is 4.73. The van der Waals surface area contributed by atoms with E-state index in [4.69, 9.17) is 10.5 Å². The molecule has 2 rings (SSSR count). The zero-order chi connectivity index (χ0) is 12.3. The molecule has 0 bridgehead atoms. The Bertz CT molecular complexity index is 375. The zero-order valence-electron chi connectivity index (χ0n) is 10.6. The highest BCUT2D eigenvalue weighted by Crippen LogP contribution is 2.33. The molecule has 0 atom stereocenters. The van der Waals surface area contributed by atoms with Gasteiger partial charge in [0.05, 0.1) is 12.1 Å². The predicted molar refractivity (Wildman–Crippen MR) is 69.4 cm³/mol. The lowest BCUT2D eigenvalue weighted by Gasteiger charge is -2.48. The Kier molecular flexibility index (Phi) is 3.52. The largest absolute Gasteiger partial charge is 0.490 e. The number of ether oxygens (including phenoxy) is 1. The smallest absolute Gasteiger partial charge is 0.171 e. The first-order valence-electron chi connectivity index (χ1n) is 6.30. The van der Waals surface area contributed by atoms with Crippen molar-refractivity contribution >= 4 is 5.82 Å². The van der Waals surface area contributed by atoms with Crippen LogP contribution in [0, 0.1) is 0 Å². The van der Waals surface area contributed by atoms with Crippen molar-refractivity contribution in [2.24, 2.45) is 5.73 Å². The lowest BCUT2D eigenvalue weighted by atomic mass is 9.86. The van der Waals surface area contributed by atoms with Gasteiger partial charge in [-0.2, -0.15) is 0 Å². The third-order valence-corrected chi connectivity index (χ3v) is 3.11. The maximum absolute atomic E-state index is 6.25. The van der Waals surface area contributed by atoms with Crippen LogP contribution < -0.4 is 15.4 Å². The maximum Gasteiger partial charge on any atom is 0.171 e. The highest BCUT2D eigenvalue weighted by molar-refractivity contribution is 5.55. The van der Waals surface area contributed by atoms with Crippen molar-refractivity contribution in [1.29, 1.82) is 0 Å². The average molecular weight is 235 g/mol. The van der Waals surface area contributed by atoms with Gasteiger partial charge in [-0.3, -0.25) is 0 Å². The summed E-state index contributed by atoms with van der Waals surface area (Å²) in [5.41, 5.74) is 6.22. The molecule has 2 N–H and O–H groups in total. The van der Waals surface area contributed by atoms with E-state index in [0.29, 0.717) is 6.61 Å². The third-order valence-electron chi connectivity index (χ3n) is 3.11. The SMILES string of the molecule is CCCC1(N)CN(c2ncccc2OCC)C1. The van der Waals surface area contributed by atoms with Crippen molar-refractivity contribution in [1.82, 2.24) is 4.98 Å². The molecule has 17 heavy (non-hydrogen) atoms. The molecule has 1 saturated heterocycles. The maximum atomic E-state index is 6.25. The Morgan fingerprint density at radius 2 is 2.24 bits per heavy atom. The van der Waals surface area contributed by atoms with Gasteiger partial charge in [-0.15, -0.1) is 0 Å². The Balaban J connectivity index is 2.05. The van der Waals surface area contributed by atoms with Crippen LogP contribution in [-0.2, 0) is 0 Å². The molecule has 2 heterocycles. The van der Waals surface area contributed by atoms with Gasteiger partial charge >= 0.3 is 0 Å². The number of hydrogen-bond donors (Lipinski definition) is 1. The predicted octanol–water partition coefficient (Wildman–Crippen LogP) is 1.80. The monoisotopic (exact) mass is 235 g/mol. The van der Waals surface area contributed by atoms with Crippen LogP contribution in [0.5, 0.6) is 5.75 Å². The van der Waals surface area contributed by atoms with Crippen molar-refractivity contribution in [3.8, 4) is 5.75 Å². The highest BCUT2D eigenvalue weighted by Gasteiger charge is 2.40. The average Bonchev–Trinajstić information content (AvgIpc) is 2.27. The second-order valence-corrected chi connectivity index (χ2v) is 4.73. The van der Waals surface area contributed by atoms with E-state index in [9.17, 15) is 0 Å². The molecule has 1 aliphatic heterocycles. The van der Waals surface area contributed by atoms with Crippen molar-refractivity contribution in [2.45, 2.75) is 32.2 Å². The fourth-order valence-electron chi connectivity index (χ4n) is 2.41. The Morgan fingerprint density at radius 3 is 2.88 bits per heavy atom. The summed E-state index contributed by atoms with van der Waals surface area (Å²) in [7, 11) is 0. The Hall–Kier alpha value is -1.29. The van der Waals surface area contributed by atoms with Gasteiger partial charge in [-0.1, -0.05) is 13.3 Å². The fraction of sp³-hybridized carbons (Fsp3) is 0.615. The number of nitrogens with two attached hydrogens (primary N) is 1. The minimum absolute atomic E-state index is 0.0320. The molecule has 1 aromatic heterocycles. The van der Waals surface area contributed by atoms with Crippen LogP contribution in [0.1, 0.15) is 26.7 Å². The van der Waals surface area contributed by atoms with Crippen molar-refractivity contribution in [2.75, 3.05) is 24.6 Å². The number of anilines is 1. The molecular weight excluding hydrogens is 214 g/mol. The van der Waals surface area contributed by atoms with E-state index in [2.05, 4.69) is 16.8 Å². The minimum atomic E-state index is -0.0320. The molecule has 0 aliphatic carbocycles. The number of nitrogens with zero attached hydrogens (tertiary/aromatic N) is 2. The lowest BCUT2D eigenvalue weighted by molar-refractivity contribution is 0.295. The zero-order valence-corrected chi connectivity index (χ0v) is 10.6. The van der Waals surface area contributed by atoms with Gasteiger partial charge in [-0.25, -0.2) is 4.98 Å².